The molecule has 0 aromatic carbocycles. The van der Waals surface area contributed by atoms with Gasteiger partial charge in [-0.05, 0) is 0 Å². The number of ether oxygens (including phenoxy) is 1. The van der Waals surface area contributed by atoms with Gasteiger partial charge in [0.15, 0.2) is 0 Å². The number of rotatable bonds is 4. The van der Waals surface area contributed by atoms with E-state index in [1.54, 1.807) is 0 Å². The van der Waals surface area contributed by atoms with E-state index in [-0.39, 0.29) is 0 Å². The number of aliphatic hydroxyl groups is 1. The molecule has 6 nitrogen and oxygen atoms in total. The van der Waals surface area contributed by atoms with Gasteiger partial charge in [-0.1, -0.05) is 13.5 Å². The number of carbonyl (C=O) groups excluding carboxylic acids is 1. The molecule has 1 unspecified atom stereocenters. The van der Waals surface area contributed by atoms with Crippen molar-refractivity contribution < 1.29 is 27.6 Å². The van der Waals surface area contributed by atoms with Crippen LogP contribution in [0.2, 0.25) is 0 Å². The summed E-state index contributed by atoms with van der Waals surface area (Å²) in [6.45, 7) is 4.23. The fraction of sp³-hybridized carbons (Fsp3) is 0.500. The molecule has 0 rings (SSSR count). The molecule has 0 saturated heterocycles. The molecule has 1 atom stereocenters. The summed E-state index contributed by atoms with van der Waals surface area (Å²) in [6, 6.07) is 0. The standard InChI is InChI=1S/C6H10O6S/c1-3-5(7)12-6(8,4-2)13(9,10)11/h3,8H,1,4H2,2H3,(H,9,10,11). The van der Waals surface area contributed by atoms with Crippen LogP contribution in [0, 0.1) is 0 Å². The fourth-order valence-electron chi connectivity index (χ4n) is 0.506. The van der Waals surface area contributed by atoms with Gasteiger partial charge in [-0.25, -0.2) is 4.79 Å². The van der Waals surface area contributed by atoms with E-state index < -0.39 is 27.6 Å². The van der Waals surface area contributed by atoms with Crippen LogP contribution in [0.4, 0.5) is 0 Å². The van der Waals surface area contributed by atoms with Gasteiger partial charge in [-0.2, -0.15) is 8.42 Å². The van der Waals surface area contributed by atoms with Crippen molar-refractivity contribution in [3.05, 3.63) is 12.7 Å². The molecule has 0 heterocycles. The first-order valence-corrected chi connectivity index (χ1v) is 4.75. The Labute approximate surface area is 75.6 Å². The molecular weight excluding hydrogens is 200 g/mol. The third kappa shape index (κ3) is 2.79. The van der Waals surface area contributed by atoms with E-state index in [2.05, 4.69) is 11.3 Å². The molecule has 0 aliphatic heterocycles. The Hall–Kier alpha value is -0.920. The van der Waals surface area contributed by atoms with Gasteiger partial charge in [0.1, 0.15) is 0 Å². The van der Waals surface area contributed by atoms with Crippen molar-refractivity contribution in [2.24, 2.45) is 0 Å². The predicted octanol–water partition coefficient (Wildman–Crippen LogP) is -0.341. The smallest absolute Gasteiger partial charge is 0.340 e. The quantitative estimate of drug-likeness (QED) is 0.285. The van der Waals surface area contributed by atoms with Crippen molar-refractivity contribution in [3.63, 3.8) is 0 Å². The lowest BCUT2D eigenvalue weighted by Crippen LogP contribution is -2.41. The predicted molar refractivity (Wildman–Crippen MR) is 43.1 cm³/mol. The minimum Gasteiger partial charge on any atom is -0.413 e. The van der Waals surface area contributed by atoms with Crippen molar-refractivity contribution >= 4 is 16.1 Å². The maximum absolute atomic E-state index is 10.6. The second kappa shape index (κ2) is 3.86. The highest BCUT2D eigenvalue weighted by Crippen LogP contribution is 2.18. The first-order valence-electron chi connectivity index (χ1n) is 3.31. The Balaban J connectivity index is 4.87. The van der Waals surface area contributed by atoms with Crippen molar-refractivity contribution in [2.75, 3.05) is 0 Å². The van der Waals surface area contributed by atoms with Crippen LogP contribution in [0.3, 0.4) is 0 Å². The minimum atomic E-state index is -4.85. The highest BCUT2D eigenvalue weighted by Gasteiger charge is 2.43. The summed E-state index contributed by atoms with van der Waals surface area (Å²) < 4.78 is 33.6. The zero-order valence-electron chi connectivity index (χ0n) is 6.93. The van der Waals surface area contributed by atoms with Gasteiger partial charge in [0, 0.05) is 12.5 Å². The van der Waals surface area contributed by atoms with Crippen LogP contribution >= 0.6 is 0 Å². The molecule has 2 N–H and O–H groups in total. The minimum absolute atomic E-state index is 0.481. The lowest BCUT2D eigenvalue weighted by Gasteiger charge is -2.21. The lowest BCUT2D eigenvalue weighted by molar-refractivity contribution is -0.175. The topological polar surface area (TPSA) is 101 Å². The normalized spacial score (nSPS) is 15.9. The Morgan fingerprint density at radius 3 is 2.38 bits per heavy atom. The van der Waals surface area contributed by atoms with E-state index in [0.29, 0.717) is 6.08 Å². The van der Waals surface area contributed by atoms with E-state index in [0.717, 1.165) is 0 Å². The molecule has 0 bridgehead atoms. The molecule has 0 aliphatic rings. The van der Waals surface area contributed by atoms with Gasteiger partial charge in [-0.15, -0.1) is 0 Å². The zero-order valence-corrected chi connectivity index (χ0v) is 7.74. The summed E-state index contributed by atoms with van der Waals surface area (Å²) in [7, 11) is -4.85. The monoisotopic (exact) mass is 210 g/mol. The molecule has 0 radical (unpaired) electrons. The fourth-order valence-corrected chi connectivity index (χ4v) is 1.06. The second-order valence-electron chi connectivity index (χ2n) is 2.17. The molecule has 13 heavy (non-hydrogen) atoms. The summed E-state index contributed by atoms with van der Waals surface area (Å²) in [5, 5.41) is 6.24. The Morgan fingerprint density at radius 1 is 1.69 bits per heavy atom. The first-order chi connectivity index (χ1) is 5.77. The van der Waals surface area contributed by atoms with Crippen molar-refractivity contribution in [1.82, 2.24) is 0 Å². The molecule has 76 valence electrons. The zero-order chi connectivity index (χ0) is 10.7. The first kappa shape index (κ1) is 12.1. The highest BCUT2D eigenvalue weighted by atomic mass is 32.2. The van der Waals surface area contributed by atoms with Gasteiger partial charge < -0.3 is 9.84 Å². The number of hydrogen-bond donors (Lipinski definition) is 2. The molecule has 7 heteroatoms. The number of carbonyl (C=O) groups is 1. The summed E-state index contributed by atoms with van der Waals surface area (Å²) in [5.74, 6) is -1.14. The molecule has 0 aromatic heterocycles. The van der Waals surface area contributed by atoms with Crippen LogP contribution < -0.4 is 0 Å². The Kier molecular flexibility index (Phi) is 3.59. The van der Waals surface area contributed by atoms with Crippen molar-refractivity contribution in [1.29, 1.82) is 0 Å². The van der Waals surface area contributed by atoms with Crippen LogP contribution in [0.25, 0.3) is 0 Å². The summed E-state index contributed by atoms with van der Waals surface area (Å²) in [6.07, 6.45) is 0.192. The van der Waals surface area contributed by atoms with Gasteiger partial charge in [0.25, 0.3) is 0 Å². The SMILES string of the molecule is C=CC(=O)OC(O)(CC)S(=O)(=O)O. The van der Waals surface area contributed by atoms with Crippen LogP contribution in [0.1, 0.15) is 13.3 Å². The van der Waals surface area contributed by atoms with Gasteiger partial charge in [0.05, 0.1) is 0 Å². The maximum atomic E-state index is 10.6. The van der Waals surface area contributed by atoms with Gasteiger partial charge in [0.2, 0.25) is 0 Å². The molecule has 0 spiro atoms. The Bertz CT molecular complexity index is 305. The van der Waals surface area contributed by atoms with E-state index in [1.807, 2.05) is 0 Å². The van der Waals surface area contributed by atoms with Crippen LogP contribution in [-0.2, 0) is 19.6 Å². The average molecular weight is 210 g/mol. The van der Waals surface area contributed by atoms with E-state index in [9.17, 15) is 13.2 Å². The third-order valence-electron chi connectivity index (χ3n) is 1.28. The molecular formula is C6H10O6S. The van der Waals surface area contributed by atoms with E-state index >= 15 is 0 Å². The molecule has 0 aliphatic carbocycles. The maximum Gasteiger partial charge on any atom is 0.340 e. The van der Waals surface area contributed by atoms with Crippen LogP contribution in [0.5, 0.6) is 0 Å². The third-order valence-corrected chi connectivity index (χ3v) is 2.45. The van der Waals surface area contributed by atoms with Crippen molar-refractivity contribution in [2.45, 2.75) is 18.5 Å². The second-order valence-corrected chi connectivity index (χ2v) is 3.75. The average Bonchev–Trinajstić information content (AvgIpc) is 2.02. The van der Waals surface area contributed by atoms with Crippen LogP contribution in [0.15, 0.2) is 12.7 Å². The highest BCUT2D eigenvalue weighted by molar-refractivity contribution is 7.86. The van der Waals surface area contributed by atoms with Gasteiger partial charge >= 0.3 is 21.2 Å². The molecule has 0 fully saturated rings. The lowest BCUT2D eigenvalue weighted by atomic mass is 10.5. The van der Waals surface area contributed by atoms with Crippen molar-refractivity contribution in [3.8, 4) is 0 Å². The molecule has 0 amide bonds. The van der Waals surface area contributed by atoms with E-state index in [1.165, 1.54) is 6.92 Å². The molecule has 0 aromatic rings. The summed E-state index contributed by atoms with van der Waals surface area (Å²) in [5.41, 5.74) is 0. The summed E-state index contributed by atoms with van der Waals surface area (Å²) in [4.78, 5) is 10.6. The van der Waals surface area contributed by atoms with Crippen LogP contribution in [-0.4, -0.2) is 29.2 Å². The largest absolute Gasteiger partial charge is 0.413 e. The Morgan fingerprint density at radius 2 is 2.15 bits per heavy atom. The number of hydrogen-bond acceptors (Lipinski definition) is 5. The van der Waals surface area contributed by atoms with Gasteiger partial charge in [-0.3, -0.25) is 4.55 Å². The molecule has 0 saturated carbocycles. The van der Waals surface area contributed by atoms with E-state index in [4.69, 9.17) is 9.66 Å². The summed E-state index contributed by atoms with van der Waals surface area (Å²) >= 11 is 0. The number of esters is 1.